The second-order valence-corrected chi connectivity index (χ2v) is 7.99. The van der Waals surface area contributed by atoms with Gasteiger partial charge >= 0.3 is 12.2 Å². The van der Waals surface area contributed by atoms with E-state index in [4.69, 9.17) is 0 Å². The second kappa shape index (κ2) is 8.64. The molecule has 2 N–H and O–H groups in total. The average Bonchev–Trinajstić information content (AvgIpc) is 2.74. The van der Waals surface area contributed by atoms with Crippen LogP contribution in [0, 0.1) is 13.8 Å². The zero-order valence-electron chi connectivity index (χ0n) is 17.8. The van der Waals surface area contributed by atoms with Crippen LogP contribution < -0.4 is 15.5 Å². The smallest absolute Gasteiger partial charge is 0.356 e. The number of carbonyl (C=O) groups excluding carboxylic acids is 1. The fraction of sp³-hybridized carbons (Fsp3) is 0.348. The molecular formula is C23H24F3N5O. The SMILES string of the molecule is Cc1cc2c(NC(=O)NC3CCN(c4cccc(C(F)(F)F)n4)CC3)cccc2c(C)n1. The van der Waals surface area contributed by atoms with E-state index in [0.29, 0.717) is 37.4 Å². The number of benzene rings is 1. The minimum atomic E-state index is -4.47. The number of urea groups is 1. The van der Waals surface area contributed by atoms with Crippen molar-refractivity contribution in [3.8, 4) is 0 Å². The first-order chi connectivity index (χ1) is 15.2. The maximum absolute atomic E-state index is 12.9. The molecule has 1 saturated heterocycles. The standard InChI is InChI=1S/C23H24F3N5O/c1-14-13-18-17(15(2)27-14)5-3-6-19(18)29-22(32)28-16-9-11-31(12-10-16)21-8-4-7-20(30-21)23(24,25)26/h3-8,13,16H,9-12H2,1-2H3,(H2,28,29,32). The van der Waals surface area contributed by atoms with Crippen LogP contribution in [0.4, 0.5) is 29.5 Å². The van der Waals surface area contributed by atoms with Crippen LogP contribution in [0.25, 0.3) is 10.8 Å². The van der Waals surface area contributed by atoms with Gasteiger partial charge < -0.3 is 15.5 Å². The molecule has 3 heterocycles. The van der Waals surface area contributed by atoms with E-state index >= 15 is 0 Å². The van der Waals surface area contributed by atoms with Crippen molar-refractivity contribution in [3.63, 3.8) is 0 Å². The summed E-state index contributed by atoms with van der Waals surface area (Å²) in [5, 5.41) is 7.81. The van der Waals surface area contributed by atoms with Crippen LogP contribution in [0.5, 0.6) is 0 Å². The number of alkyl halides is 3. The lowest BCUT2D eigenvalue weighted by molar-refractivity contribution is -0.141. The lowest BCUT2D eigenvalue weighted by Gasteiger charge is -2.33. The summed E-state index contributed by atoms with van der Waals surface area (Å²) in [4.78, 5) is 22.6. The van der Waals surface area contributed by atoms with E-state index in [9.17, 15) is 18.0 Å². The third-order valence-corrected chi connectivity index (χ3v) is 5.62. The number of nitrogens with one attached hydrogen (secondary N) is 2. The highest BCUT2D eigenvalue weighted by atomic mass is 19.4. The number of nitrogens with zero attached hydrogens (tertiary/aromatic N) is 3. The molecule has 1 aromatic carbocycles. The molecule has 9 heteroatoms. The molecule has 1 fully saturated rings. The number of hydrogen-bond donors (Lipinski definition) is 2. The fourth-order valence-electron chi connectivity index (χ4n) is 4.07. The maximum Gasteiger partial charge on any atom is 0.433 e. The normalized spacial score (nSPS) is 15.1. The number of piperidine rings is 1. The summed E-state index contributed by atoms with van der Waals surface area (Å²) in [6.07, 6.45) is -3.24. The average molecular weight is 443 g/mol. The number of anilines is 2. The van der Waals surface area contributed by atoms with Crippen LogP contribution in [0.15, 0.2) is 42.5 Å². The van der Waals surface area contributed by atoms with Crippen LogP contribution in [0.3, 0.4) is 0 Å². The molecule has 0 spiro atoms. The predicted molar refractivity (Wildman–Crippen MR) is 118 cm³/mol. The first-order valence-electron chi connectivity index (χ1n) is 10.4. The Morgan fingerprint density at radius 3 is 2.47 bits per heavy atom. The predicted octanol–water partition coefficient (Wildman–Crippen LogP) is 5.06. The number of aromatic nitrogens is 2. The van der Waals surface area contributed by atoms with E-state index < -0.39 is 11.9 Å². The number of halogens is 3. The lowest BCUT2D eigenvalue weighted by atomic mass is 10.1. The molecule has 2 aromatic heterocycles. The second-order valence-electron chi connectivity index (χ2n) is 7.99. The number of fused-ring (bicyclic) bond motifs is 1. The quantitative estimate of drug-likeness (QED) is 0.594. The molecule has 32 heavy (non-hydrogen) atoms. The molecule has 2 amide bonds. The van der Waals surface area contributed by atoms with E-state index in [0.717, 1.165) is 28.2 Å². The van der Waals surface area contributed by atoms with E-state index in [1.165, 1.54) is 6.07 Å². The van der Waals surface area contributed by atoms with Gasteiger partial charge in [-0.15, -0.1) is 0 Å². The van der Waals surface area contributed by atoms with Gasteiger partial charge in [0, 0.05) is 41.3 Å². The van der Waals surface area contributed by atoms with Gasteiger partial charge in [0.05, 0.1) is 5.69 Å². The monoisotopic (exact) mass is 443 g/mol. The summed E-state index contributed by atoms with van der Waals surface area (Å²) in [5.74, 6) is 0.304. The molecule has 0 bridgehead atoms. The maximum atomic E-state index is 12.9. The zero-order valence-corrected chi connectivity index (χ0v) is 17.8. The molecule has 0 unspecified atom stereocenters. The Kier molecular flexibility index (Phi) is 5.90. The molecule has 6 nitrogen and oxygen atoms in total. The van der Waals surface area contributed by atoms with Crippen molar-refractivity contribution in [2.75, 3.05) is 23.3 Å². The van der Waals surface area contributed by atoms with Gasteiger partial charge in [-0.25, -0.2) is 9.78 Å². The Balaban J connectivity index is 1.37. The van der Waals surface area contributed by atoms with Crippen molar-refractivity contribution in [2.24, 2.45) is 0 Å². The van der Waals surface area contributed by atoms with Crippen LogP contribution in [0.1, 0.15) is 29.9 Å². The first kappa shape index (κ1) is 21.9. The fourth-order valence-corrected chi connectivity index (χ4v) is 4.07. The number of rotatable bonds is 3. The van der Waals surface area contributed by atoms with E-state index in [-0.39, 0.29) is 12.1 Å². The van der Waals surface area contributed by atoms with E-state index in [2.05, 4.69) is 20.6 Å². The van der Waals surface area contributed by atoms with Gasteiger partial charge in [-0.3, -0.25) is 4.98 Å². The van der Waals surface area contributed by atoms with Crippen LogP contribution in [0.2, 0.25) is 0 Å². The van der Waals surface area contributed by atoms with Crippen molar-refractivity contribution in [2.45, 2.75) is 38.9 Å². The van der Waals surface area contributed by atoms with Gasteiger partial charge in [0.2, 0.25) is 0 Å². The molecule has 1 aliphatic rings. The van der Waals surface area contributed by atoms with Crippen LogP contribution in [-0.4, -0.2) is 35.1 Å². The number of hydrogen-bond acceptors (Lipinski definition) is 4. The number of pyridine rings is 2. The summed E-state index contributed by atoms with van der Waals surface area (Å²) in [6, 6.07) is 11.2. The Labute approximate surface area is 183 Å². The molecular weight excluding hydrogens is 419 g/mol. The Hall–Kier alpha value is -3.36. The van der Waals surface area contributed by atoms with Gasteiger partial charge in [-0.1, -0.05) is 18.2 Å². The molecule has 0 radical (unpaired) electrons. The molecule has 168 valence electrons. The van der Waals surface area contributed by atoms with Gasteiger partial charge in [0.1, 0.15) is 11.5 Å². The Morgan fingerprint density at radius 1 is 1.03 bits per heavy atom. The van der Waals surface area contributed by atoms with Gasteiger partial charge in [0.15, 0.2) is 0 Å². The van der Waals surface area contributed by atoms with Crippen LogP contribution >= 0.6 is 0 Å². The highest BCUT2D eigenvalue weighted by Crippen LogP contribution is 2.30. The summed E-state index contributed by atoms with van der Waals surface area (Å²) in [7, 11) is 0. The third-order valence-electron chi connectivity index (χ3n) is 5.62. The lowest BCUT2D eigenvalue weighted by Crippen LogP contribution is -2.46. The van der Waals surface area contributed by atoms with Gasteiger partial charge in [0.25, 0.3) is 0 Å². The molecule has 3 aromatic rings. The largest absolute Gasteiger partial charge is 0.433 e. The summed E-state index contributed by atoms with van der Waals surface area (Å²) < 4.78 is 38.8. The number of aryl methyl sites for hydroxylation is 2. The van der Waals surface area contributed by atoms with Crippen LogP contribution in [-0.2, 0) is 6.18 Å². The third kappa shape index (κ3) is 4.76. The summed E-state index contributed by atoms with van der Waals surface area (Å²) >= 11 is 0. The van der Waals surface area contributed by atoms with E-state index in [1.54, 1.807) is 6.07 Å². The van der Waals surface area contributed by atoms with E-state index in [1.807, 2.05) is 43.0 Å². The highest BCUT2D eigenvalue weighted by molar-refractivity contribution is 6.02. The van der Waals surface area contributed by atoms with Crippen molar-refractivity contribution < 1.29 is 18.0 Å². The van der Waals surface area contributed by atoms with Gasteiger partial charge in [-0.2, -0.15) is 13.2 Å². The molecule has 0 atom stereocenters. The molecule has 4 rings (SSSR count). The Bertz CT molecular complexity index is 1140. The Morgan fingerprint density at radius 2 is 1.75 bits per heavy atom. The van der Waals surface area contributed by atoms with Crippen molar-refractivity contribution in [1.82, 2.24) is 15.3 Å². The molecule has 1 aliphatic heterocycles. The number of amides is 2. The topological polar surface area (TPSA) is 70.2 Å². The first-order valence-corrected chi connectivity index (χ1v) is 10.4. The van der Waals surface area contributed by atoms with Crippen molar-refractivity contribution >= 4 is 28.3 Å². The molecule has 0 aliphatic carbocycles. The summed E-state index contributed by atoms with van der Waals surface area (Å²) in [6.45, 7) is 4.87. The minimum absolute atomic E-state index is 0.0721. The summed E-state index contributed by atoms with van der Waals surface area (Å²) in [5.41, 5.74) is 1.59. The van der Waals surface area contributed by atoms with Crippen molar-refractivity contribution in [3.05, 3.63) is 59.5 Å². The van der Waals surface area contributed by atoms with Gasteiger partial charge in [-0.05, 0) is 51.0 Å². The molecule has 0 saturated carbocycles. The number of carbonyl (C=O) groups is 1. The highest BCUT2D eigenvalue weighted by Gasteiger charge is 2.33. The van der Waals surface area contributed by atoms with Crippen molar-refractivity contribution in [1.29, 1.82) is 0 Å². The zero-order chi connectivity index (χ0) is 22.9. The minimum Gasteiger partial charge on any atom is -0.356 e.